The Morgan fingerprint density at radius 1 is 1.05 bits per heavy atom. The number of rotatable bonds is 4. The third kappa shape index (κ3) is 3.32. The number of carbonyl (C=O) groups excluding carboxylic acids is 1. The molecule has 0 unspecified atom stereocenters. The van der Waals surface area contributed by atoms with Gasteiger partial charge in [-0.1, -0.05) is 49.0 Å². The second-order valence-electron chi connectivity index (χ2n) is 4.43. The summed E-state index contributed by atoms with van der Waals surface area (Å²) in [6, 6.07) is 17.7. The van der Waals surface area contributed by atoms with Crippen LogP contribution in [-0.2, 0) is 6.42 Å². The predicted octanol–water partition coefficient (Wildman–Crippen LogP) is 3.30. The van der Waals surface area contributed by atoms with Gasteiger partial charge >= 0.3 is 0 Å². The van der Waals surface area contributed by atoms with Gasteiger partial charge in [0, 0.05) is 12.6 Å². The van der Waals surface area contributed by atoms with Crippen molar-refractivity contribution in [1.82, 2.24) is 5.32 Å². The third-order valence-electron chi connectivity index (χ3n) is 3.02. The molecule has 0 fully saturated rings. The van der Waals surface area contributed by atoms with Crippen molar-refractivity contribution in [2.75, 3.05) is 7.05 Å². The summed E-state index contributed by atoms with van der Waals surface area (Å²) in [5.41, 5.74) is 3.96. The summed E-state index contributed by atoms with van der Waals surface area (Å²) in [6.07, 6.45) is 0.745. The number of amides is 1. The molecule has 0 saturated heterocycles. The minimum absolute atomic E-state index is 0.0628. The van der Waals surface area contributed by atoms with E-state index >= 15 is 0 Å². The molecule has 0 bridgehead atoms. The zero-order valence-corrected chi connectivity index (χ0v) is 11.0. The van der Waals surface area contributed by atoms with Crippen LogP contribution in [0.5, 0.6) is 0 Å². The van der Waals surface area contributed by atoms with E-state index in [1.165, 1.54) is 0 Å². The van der Waals surface area contributed by atoms with Crippen molar-refractivity contribution in [2.24, 2.45) is 0 Å². The molecule has 0 aliphatic carbocycles. The van der Waals surface area contributed by atoms with E-state index in [0.29, 0.717) is 5.56 Å². The topological polar surface area (TPSA) is 29.1 Å². The van der Waals surface area contributed by atoms with Gasteiger partial charge in [-0.3, -0.25) is 4.79 Å². The van der Waals surface area contributed by atoms with Gasteiger partial charge in [0.15, 0.2) is 0 Å². The molecule has 2 aromatic carbocycles. The number of carbonyl (C=O) groups is 1. The summed E-state index contributed by atoms with van der Waals surface area (Å²) in [4.78, 5) is 11.6. The summed E-state index contributed by atoms with van der Waals surface area (Å²) in [6.45, 7) is 4.11. The zero-order chi connectivity index (χ0) is 13.7. The predicted molar refractivity (Wildman–Crippen MR) is 79.0 cm³/mol. The number of nitrogens with one attached hydrogen (secondary N) is 1. The van der Waals surface area contributed by atoms with Crippen LogP contribution in [0.1, 0.15) is 21.5 Å². The maximum absolute atomic E-state index is 11.6. The Kier molecular flexibility index (Phi) is 4.14. The standard InChI is InChI=1S/C17H17NO/c1-13(15-8-4-3-5-9-15)11-14-7-6-10-16(12-14)17(19)18-2/h3-10,12H,1,11H2,2H3,(H,18,19). The summed E-state index contributed by atoms with van der Waals surface area (Å²) >= 11 is 0. The molecule has 0 aliphatic rings. The summed E-state index contributed by atoms with van der Waals surface area (Å²) in [7, 11) is 1.64. The lowest BCUT2D eigenvalue weighted by atomic mass is 9.98. The quantitative estimate of drug-likeness (QED) is 0.887. The van der Waals surface area contributed by atoms with Gasteiger partial charge in [0.05, 0.1) is 0 Å². The fourth-order valence-electron chi connectivity index (χ4n) is 1.99. The average Bonchev–Trinajstić information content (AvgIpc) is 2.47. The normalized spacial score (nSPS) is 9.95. The second-order valence-corrected chi connectivity index (χ2v) is 4.43. The van der Waals surface area contributed by atoms with Crippen molar-refractivity contribution in [3.8, 4) is 0 Å². The summed E-state index contributed by atoms with van der Waals surface area (Å²) < 4.78 is 0. The van der Waals surface area contributed by atoms with Crippen LogP contribution in [0, 0.1) is 0 Å². The van der Waals surface area contributed by atoms with Gasteiger partial charge in [-0.05, 0) is 35.3 Å². The Morgan fingerprint density at radius 2 is 1.74 bits per heavy atom. The van der Waals surface area contributed by atoms with Gasteiger partial charge < -0.3 is 5.32 Å². The largest absolute Gasteiger partial charge is 0.355 e. The monoisotopic (exact) mass is 251 g/mol. The molecule has 0 radical (unpaired) electrons. The molecule has 2 nitrogen and oxygen atoms in total. The lowest BCUT2D eigenvalue weighted by Crippen LogP contribution is -2.17. The lowest BCUT2D eigenvalue weighted by Gasteiger charge is -2.07. The first-order chi connectivity index (χ1) is 9.20. The first-order valence-electron chi connectivity index (χ1n) is 6.25. The highest BCUT2D eigenvalue weighted by molar-refractivity contribution is 5.94. The Balaban J connectivity index is 2.16. The van der Waals surface area contributed by atoms with Crippen molar-refractivity contribution in [1.29, 1.82) is 0 Å². The molecule has 0 saturated carbocycles. The van der Waals surface area contributed by atoms with Gasteiger partial charge in [0.2, 0.25) is 0 Å². The molecule has 0 atom stereocenters. The van der Waals surface area contributed by atoms with E-state index in [4.69, 9.17) is 0 Å². The Labute approximate surface area is 113 Å². The van der Waals surface area contributed by atoms with Crippen LogP contribution < -0.4 is 5.32 Å². The fourth-order valence-corrected chi connectivity index (χ4v) is 1.99. The van der Waals surface area contributed by atoms with Crippen molar-refractivity contribution < 1.29 is 4.79 Å². The van der Waals surface area contributed by atoms with Gasteiger partial charge in [-0.25, -0.2) is 0 Å². The number of hydrogen-bond acceptors (Lipinski definition) is 1. The smallest absolute Gasteiger partial charge is 0.251 e. The van der Waals surface area contributed by atoms with Crippen molar-refractivity contribution in [3.05, 3.63) is 77.9 Å². The second kappa shape index (κ2) is 6.01. The Morgan fingerprint density at radius 3 is 2.42 bits per heavy atom. The molecule has 1 N–H and O–H groups in total. The molecule has 2 aromatic rings. The molecule has 0 aliphatic heterocycles. The van der Waals surface area contributed by atoms with Gasteiger partial charge in [-0.2, -0.15) is 0 Å². The minimum atomic E-state index is -0.0628. The highest BCUT2D eigenvalue weighted by atomic mass is 16.1. The SMILES string of the molecule is C=C(Cc1cccc(C(=O)NC)c1)c1ccccc1. The highest BCUT2D eigenvalue weighted by Crippen LogP contribution is 2.18. The van der Waals surface area contributed by atoms with Gasteiger partial charge in [0.25, 0.3) is 5.91 Å². The molecule has 19 heavy (non-hydrogen) atoms. The van der Waals surface area contributed by atoms with Crippen LogP contribution in [0.25, 0.3) is 5.57 Å². The molecule has 0 spiro atoms. The molecular formula is C17H17NO. The molecule has 2 heteroatoms. The van der Waals surface area contributed by atoms with Crippen LogP contribution in [0.3, 0.4) is 0 Å². The van der Waals surface area contributed by atoms with Crippen molar-refractivity contribution >= 4 is 11.5 Å². The number of benzene rings is 2. The van der Waals surface area contributed by atoms with E-state index in [9.17, 15) is 4.79 Å². The van der Waals surface area contributed by atoms with Crippen LogP contribution in [0.2, 0.25) is 0 Å². The average molecular weight is 251 g/mol. The zero-order valence-electron chi connectivity index (χ0n) is 11.0. The maximum atomic E-state index is 11.6. The van der Waals surface area contributed by atoms with Crippen molar-refractivity contribution in [3.63, 3.8) is 0 Å². The van der Waals surface area contributed by atoms with Gasteiger partial charge in [0.1, 0.15) is 0 Å². The van der Waals surface area contributed by atoms with E-state index < -0.39 is 0 Å². The Hall–Kier alpha value is -2.35. The van der Waals surface area contributed by atoms with E-state index in [1.54, 1.807) is 7.05 Å². The minimum Gasteiger partial charge on any atom is -0.355 e. The molecule has 0 heterocycles. The van der Waals surface area contributed by atoms with Gasteiger partial charge in [-0.15, -0.1) is 0 Å². The maximum Gasteiger partial charge on any atom is 0.251 e. The van der Waals surface area contributed by atoms with Crippen LogP contribution in [0.4, 0.5) is 0 Å². The number of allylic oxidation sites excluding steroid dienone is 1. The molecule has 1 amide bonds. The summed E-state index contributed by atoms with van der Waals surface area (Å²) in [5.74, 6) is -0.0628. The molecule has 0 aromatic heterocycles. The van der Waals surface area contributed by atoms with Crippen molar-refractivity contribution in [2.45, 2.75) is 6.42 Å². The summed E-state index contributed by atoms with van der Waals surface area (Å²) in [5, 5.41) is 2.63. The van der Waals surface area contributed by atoms with Crippen LogP contribution in [0.15, 0.2) is 61.2 Å². The van der Waals surface area contributed by atoms with Crippen LogP contribution in [-0.4, -0.2) is 13.0 Å². The molecule has 96 valence electrons. The molecular weight excluding hydrogens is 234 g/mol. The van der Waals surface area contributed by atoms with E-state index in [0.717, 1.165) is 23.1 Å². The van der Waals surface area contributed by atoms with E-state index in [-0.39, 0.29) is 5.91 Å². The third-order valence-corrected chi connectivity index (χ3v) is 3.02. The molecule has 2 rings (SSSR count). The first kappa shape index (κ1) is 13.1. The van der Waals surface area contributed by atoms with E-state index in [2.05, 4.69) is 11.9 Å². The highest BCUT2D eigenvalue weighted by Gasteiger charge is 2.05. The lowest BCUT2D eigenvalue weighted by molar-refractivity contribution is 0.0963. The Bertz CT molecular complexity index is 587. The fraction of sp³-hybridized carbons (Fsp3) is 0.118. The van der Waals surface area contributed by atoms with E-state index in [1.807, 2.05) is 54.6 Å². The number of hydrogen-bond donors (Lipinski definition) is 1. The first-order valence-corrected chi connectivity index (χ1v) is 6.25. The van der Waals surface area contributed by atoms with Crippen LogP contribution >= 0.6 is 0 Å².